The molecule has 1 aromatic carbocycles. The number of carboxylic acids is 1. The number of nitrogens with one attached hydrogen (secondary N) is 1. The maximum Gasteiger partial charge on any atom is 0.303 e. The lowest BCUT2D eigenvalue weighted by atomic mass is 10.1. The Balaban J connectivity index is 2.13. The number of hydrogen-bond acceptors (Lipinski definition) is 2. The first-order valence-electron chi connectivity index (χ1n) is 6.31. The molecule has 0 atom stereocenters. The number of rotatable bonds is 8. The molecule has 0 bridgehead atoms. The Kier molecular flexibility index (Phi) is 7.18. The standard InChI is InChI=1S/C14H18BrNO3/c15-12-5-3-4-11(10-12)7-8-13(17)16-9-2-1-6-14(18)19/h3-5,10H,1-2,6-9H2,(H,16,17)(H,18,19). The highest BCUT2D eigenvalue weighted by molar-refractivity contribution is 9.10. The average molecular weight is 328 g/mol. The van der Waals surface area contributed by atoms with E-state index in [-0.39, 0.29) is 12.3 Å². The van der Waals surface area contributed by atoms with Crippen molar-refractivity contribution in [3.63, 3.8) is 0 Å². The number of amides is 1. The summed E-state index contributed by atoms with van der Waals surface area (Å²) in [5, 5.41) is 11.3. The van der Waals surface area contributed by atoms with E-state index in [0.717, 1.165) is 10.0 Å². The molecule has 0 aliphatic rings. The second kappa shape index (κ2) is 8.69. The minimum absolute atomic E-state index is 0.00954. The van der Waals surface area contributed by atoms with Gasteiger partial charge in [-0.25, -0.2) is 0 Å². The van der Waals surface area contributed by atoms with Crippen LogP contribution in [0.5, 0.6) is 0 Å². The van der Waals surface area contributed by atoms with E-state index in [1.807, 2.05) is 24.3 Å². The fraction of sp³-hybridized carbons (Fsp3) is 0.429. The molecule has 0 fully saturated rings. The summed E-state index contributed by atoms with van der Waals surface area (Å²) < 4.78 is 1.01. The van der Waals surface area contributed by atoms with E-state index in [4.69, 9.17) is 5.11 Å². The Morgan fingerprint density at radius 1 is 1.21 bits per heavy atom. The van der Waals surface area contributed by atoms with Crippen LogP contribution in [0.25, 0.3) is 0 Å². The molecule has 4 nitrogen and oxygen atoms in total. The summed E-state index contributed by atoms with van der Waals surface area (Å²) in [7, 11) is 0. The quantitative estimate of drug-likeness (QED) is 0.721. The molecule has 0 saturated heterocycles. The van der Waals surface area contributed by atoms with Crippen molar-refractivity contribution in [2.75, 3.05) is 6.54 Å². The van der Waals surface area contributed by atoms with Crippen LogP contribution in [0.3, 0.4) is 0 Å². The Bertz CT molecular complexity index is 434. The Morgan fingerprint density at radius 2 is 2.00 bits per heavy atom. The third-order valence-electron chi connectivity index (χ3n) is 2.67. The van der Waals surface area contributed by atoms with E-state index in [2.05, 4.69) is 21.2 Å². The fourth-order valence-corrected chi connectivity index (χ4v) is 2.11. The highest BCUT2D eigenvalue weighted by atomic mass is 79.9. The van der Waals surface area contributed by atoms with Gasteiger partial charge < -0.3 is 10.4 Å². The summed E-state index contributed by atoms with van der Waals surface area (Å²) >= 11 is 3.39. The minimum atomic E-state index is -0.791. The molecule has 2 N–H and O–H groups in total. The van der Waals surface area contributed by atoms with Crippen molar-refractivity contribution in [1.29, 1.82) is 0 Å². The zero-order chi connectivity index (χ0) is 14.1. The second-order valence-corrected chi connectivity index (χ2v) is 5.25. The van der Waals surface area contributed by atoms with Gasteiger partial charge in [-0.05, 0) is 37.0 Å². The first-order chi connectivity index (χ1) is 9.08. The first-order valence-corrected chi connectivity index (χ1v) is 7.10. The van der Waals surface area contributed by atoms with Gasteiger partial charge in [0, 0.05) is 23.9 Å². The van der Waals surface area contributed by atoms with Crippen LogP contribution in [-0.2, 0) is 16.0 Å². The molecule has 0 aromatic heterocycles. The van der Waals surface area contributed by atoms with Crippen LogP contribution in [0.1, 0.15) is 31.2 Å². The summed E-state index contributed by atoms with van der Waals surface area (Å²) in [6.07, 6.45) is 2.62. The number of benzene rings is 1. The van der Waals surface area contributed by atoms with Crippen molar-refractivity contribution < 1.29 is 14.7 Å². The maximum absolute atomic E-state index is 11.6. The van der Waals surface area contributed by atoms with Crippen LogP contribution >= 0.6 is 15.9 Å². The van der Waals surface area contributed by atoms with Crippen LogP contribution < -0.4 is 5.32 Å². The molecule has 1 rings (SSSR count). The summed E-state index contributed by atoms with van der Waals surface area (Å²) in [5.41, 5.74) is 1.12. The molecule has 1 amide bonds. The Hall–Kier alpha value is -1.36. The number of aliphatic carboxylic acids is 1. The number of carbonyl (C=O) groups is 2. The van der Waals surface area contributed by atoms with Gasteiger partial charge in [0.15, 0.2) is 0 Å². The average Bonchev–Trinajstić information content (AvgIpc) is 2.35. The van der Waals surface area contributed by atoms with Crippen LogP contribution in [0.15, 0.2) is 28.7 Å². The topological polar surface area (TPSA) is 66.4 Å². The van der Waals surface area contributed by atoms with Gasteiger partial charge in [-0.3, -0.25) is 9.59 Å². The molecule has 0 radical (unpaired) electrons. The maximum atomic E-state index is 11.6. The van der Waals surface area contributed by atoms with Gasteiger partial charge >= 0.3 is 5.97 Å². The summed E-state index contributed by atoms with van der Waals surface area (Å²) in [6, 6.07) is 7.89. The highest BCUT2D eigenvalue weighted by Gasteiger charge is 2.02. The largest absolute Gasteiger partial charge is 0.481 e. The predicted octanol–water partition coefficient (Wildman–Crippen LogP) is 2.75. The third kappa shape index (κ3) is 7.62. The van der Waals surface area contributed by atoms with Gasteiger partial charge in [-0.1, -0.05) is 28.1 Å². The molecule has 104 valence electrons. The van der Waals surface area contributed by atoms with Gasteiger partial charge in [0.1, 0.15) is 0 Å². The highest BCUT2D eigenvalue weighted by Crippen LogP contribution is 2.12. The number of halogens is 1. The van der Waals surface area contributed by atoms with Crippen molar-refractivity contribution >= 4 is 27.8 Å². The van der Waals surface area contributed by atoms with E-state index < -0.39 is 5.97 Å². The number of carbonyl (C=O) groups excluding carboxylic acids is 1. The molecule has 0 unspecified atom stereocenters. The van der Waals surface area contributed by atoms with Gasteiger partial charge in [-0.15, -0.1) is 0 Å². The first kappa shape index (κ1) is 15.7. The molecule has 0 aliphatic heterocycles. The predicted molar refractivity (Wildman–Crippen MR) is 77.0 cm³/mol. The van der Waals surface area contributed by atoms with Crippen molar-refractivity contribution in [3.05, 3.63) is 34.3 Å². The number of aryl methyl sites for hydroxylation is 1. The number of unbranched alkanes of at least 4 members (excludes halogenated alkanes) is 1. The monoisotopic (exact) mass is 327 g/mol. The van der Waals surface area contributed by atoms with Crippen LogP contribution in [-0.4, -0.2) is 23.5 Å². The van der Waals surface area contributed by atoms with Gasteiger partial charge in [0.05, 0.1) is 0 Å². The molecular weight excluding hydrogens is 310 g/mol. The normalized spacial score (nSPS) is 10.2. The number of hydrogen-bond donors (Lipinski definition) is 2. The smallest absolute Gasteiger partial charge is 0.303 e. The van der Waals surface area contributed by atoms with Crippen molar-refractivity contribution in [2.45, 2.75) is 32.1 Å². The molecule has 0 heterocycles. The molecule has 0 saturated carbocycles. The lowest BCUT2D eigenvalue weighted by Crippen LogP contribution is -2.24. The molecule has 0 aliphatic carbocycles. The van der Waals surface area contributed by atoms with Gasteiger partial charge in [0.25, 0.3) is 0 Å². The SMILES string of the molecule is O=C(O)CCCCNC(=O)CCc1cccc(Br)c1. The summed E-state index contributed by atoms with van der Waals surface area (Å²) in [5.74, 6) is -0.781. The Morgan fingerprint density at radius 3 is 2.68 bits per heavy atom. The van der Waals surface area contributed by atoms with E-state index >= 15 is 0 Å². The molecule has 5 heteroatoms. The van der Waals surface area contributed by atoms with Gasteiger partial charge in [0.2, 0.25) is 5.91 Å². The van der Waals surface area contributed by atoms with E-state index in [1.165, 1.54) is 0 Å². The van der Waals surface area contributed by atoms with Crippen LogP contribution in [0.4, 0.5) is 0 Å². The van der Waals surface area contributed by atoms with Gasteiger partial charge in [-0.2, -0.15) is 0 Å². The zero-order valence-electron chi connectivity index (χ0n) is 10.7. The second-order valence-electron chi connectivity index (χ2n) is 4.33. The fourth-order valence-electron chi connectivity index (χ4n) is 1.67. The molecule has 0 spiro atoms. The van der Waals surface area contributed by atoms with E-state index in [1.54, 1.807) is 0 Å². The van der Waals surface area contributed by atoms with E-state index in [9.17, 15) is 9.59 Å². The van der Waals surface area contributed by atoms with E-state index in [0.29, 0.717) is 32.2 Å². The van der Waals surface area contributed by atoms with Crippen molar-refractivity contribution in [2.24, 2.45) is 0 Å². The minimum Gasteiger partial charge on any atom is -0.481 e. The summed E-state index contributed by atoms with van der Waals surface area (Å²) in [4.78, 5) is 21.9. The zero-order valence-corrected chi connectivity index (χ0v) is 12.3. The Labute approximate surface area is 121 Å². The molecular formula is C14H18BrNO3. The molecule has 19 heavy (non-hydrogen) atoms. The van der Waals surface area contributed by atoms with Crippen molar-refractivity contribution in [1.82, 2.24) is 5.32 Å². The third-order valence-corrected chi connectivity index (χ3v) is 3.16. The van der Waals surface area contributed by atoms with Crippen molar-refractivity contribution in [3.8, 4) is 0 Å². The lowest BCUT2D eigenvalue weighted by Gasteiger charge is -2.05. The molecule has 1 aromatic rings. The summed E-state index contributed by atoms with van der Waals surface area (Å²) in [6.45, 7) is 0.546. The van der Waals surface area contributed by atoms with Crippen LogP contribution in [0, 0.1) is 0 Å². The van der Waals surface area contributed by atoms with Crippen LogP contribution in [0.2, 0.25) is 0 Å². The number of carboxylic acid groups (broad SMARTS) is 1. The lowest BCUT2D eigenvalue weighted by molar-refractivity contribution is -0.137.